The summed E-state index contributed by atoms with van der Waals surface area (Å²) < 4.78 is 1.21. The maximum Gasteiger partial charge on any atom is 0.116 e. The molecule has 0 fully saturated rings. The molecule has 1 aliphatic carbocycles. The van der Waals surface area contributed by atoms with Crippen LogP contribution >= 0.6 is 15.9 Å². The Kier molecular flexibility index (Phi) is 1.93. The molecule has 0 radical (unpaired) electrons. The average molecular weight is 225 g/mol. The van der Waals surface area contributed by atoms with Gasteiger partial charge >= 0.3 is 0 Å². The minimum absolute atomic E-state index is 0.340. The Morgan fingerprint density at radius 2 is 2.08 bits per heavy atom. The first-order chi connectivity index (χ1) is 5.75. The number of rotatable bonds is 0. The first-order valence-electron chi connectivity index (χ1n) is 3.94. The van der Waals surface area contributed by atoms with Crippen LogP contribution in [0, 0.1) is 0 Å². The summed E-state index contributed by atoms with van der Waals surface area (Å²) in [5.41, 5.74) is 2.45. The van der Waals surface area contributed by atoms with E-state index in [1.54, 1.807) is 12.1 Å². The summed E-state index contributed by atoms with van der Waals surface area (Å²) in [4.78, 5) is 0. The minimum Gasteiger partial charge on any atom is -0.508 e. The van der Waals surface area contributed by atoms with E-state index in [-0.39, 0.29) is 0 Å². The smallest absolute Gasteiger partial charge is 0.116 e. The summed E-state index contributed by atoms with van der Waals surface area (Å²) in [5.74, 6) is 0.340. The van der Waals surface area contributed by atoms with Gasteiger partial charge in [-0.05, 0) is 46.7 Å². The third kappa shape index (κ3) is 1.39. The molecule has 2 rings (SSSR count). The summed E-state index contributed by atoms with van der Waals surface area (Å²) >= 11 is 3.46. The lowest BCUT2D eigenvalue weighted by Gasteiger charge is -2.12. The van der Waals surface area contributed by atoms with Crippen molar-refractivity contribution in [1.82, 2.24) is 0 Å². The Bertz CT molecular complexity index is 342. The van der Waals surface area contributed by atoms with Gasteiger partial charge in [0.15, 0.2) is 0 Å². The summed E-state index contributed by atoms with van der Waals surface area (Å²) in [6.07, 6.45) is 4.20. The molecule has 0 saturated heterocycles. The topological polar surface area (TPSA) is 20.2 Å². The standard InChI is InChI=1S/C10H9BrO/c11-9-3-1-7-2-4-10(12)6-8(7)5-9/h2,4-6,12H,1,3H2. The van der Waals surface area contributed by atoms with E-state index in [4.69, 9.17) is 0 Å². The van der Waals surface area contributed by atoms with Crippen LogP contribution in [-0.4, -0.2) is 5.11 Å². The highest BCUT2D eigenvalue weighted by molar-refractivity contribution is 9.11. The zero-order valence-corrected chi connectivity index (χ0v) is 8.13. The van der Waals surface area contributed by atoms with Crippen molar-refractivity contribution in [3.8, 4) is 5.75 Å². The monoisotopic (exact) mass is 224 g/mol. The number of aryl methyl sites for hydroxylation is 1. The zero-order chi connectivity index (χ0) is 8.55. The molecule has 1 nitrogen and oxygen atoms in total. The van der Waals surface area contributed by atoms with E-state index in [9.17, 15) is 5.11 Å². The zero-order valence-electron chi connectivity index (χ0n) is 6.55. The highest BCUT2D eigenvalue weighted by Gasteiger charge is 2.08. The van der Waals surface area contributed by atoms with Crippen LogP contribution < -0.4 is 0 Å². The lowest BCUT2D eigenvalue weighted by atomic mass is 9.97. The molecule has 0 aliphatic heterocycles. The molecule has 1 aliphatic rings. The Hall–Kier alpha value is -0.760. The fourth-order valence-corrected chi connectivity index (χ4v) is 1.88. The Balaban J connectivity index is 2.53. The third-order valence-electron chi connectivity index (χ3n) is 2.07. The molecule has 0 atom stereocenters. The number of fused-ring (bicyclic) bond motifs is 1. The van der Waals surface area contributed by atoms with Crippen LogP contribution in [0.15, 0.2) is 22.7 Å². The second kappa shape index (κ2) is 2.94. The van der Waals surface area contributed by atoms with Crippen molar-refractivity contribution in [3.05, 3.63) is 33.8 Å². The molecule has 0 saturated carbocycles. The van der Waals surface area contributed by atoms with Crippen molar-refractivity contribution >= 4 is 22.0 Å². The number of aromatic hydroxyl groups is 1. The van der Waals surface area contributed by atoms with Crippen LogP contribution in [-0.2, 0) is 6.42 Å². The lowest BCUT2D eigenvalue weighted by Crippen LogP contribution is -1.95. The number of hydrogen-bond donors (Lipinski definition) is 1. The van der Waals surface area contributed by atoms with Gasteiger partial charge in [-0.3, -0.25) is 0 Å². The largest absolute Gasteiger partial charge is 0.508 e. The van der Waals surface area contributed by atoms with Crippen molar-refractivity contribution in [1.29, 1.82) is 0 Å². The van der Waals surface area contributed by atoms with Crippen LogP contribution in [0.3, 0.4) is 0 Å². The molecular formula is C10H9BrO. The van der Waals surface area contributed by atoms with Gasteiger partial charge in [-0.25, -0.2) is 0 Å². The van der Waals surface area contributed by atoms with Crippen LogP contribution in [0.5, 0.6) is 5.75 Å². The van der Waals surface area contributed by atoms with E-state index in [0.717, 1.165) is 18.4 Å². The van der Waals surface area contributed by atoms with Gasteiger partial charge in [0.2, 0.25) is 0 Å². The van der Waals surface area contributed by atoms with Crippen molar-refractivity contribution < 1.29 is 5.11 Å². The molecule has 0 amide bonds. The van der Waals surface area contributed by atoms with E-state index < -0.39 is 0 Å². The number of phenolic OH excluding ortho intramolecular Hbond substituents is 1. The fraction of sp³-hybridized carbons (Fsp3) is 0.200. The Morgan fingerprint density at radius 1 is 1.25 bits per heavy atom. The predicted molar refractivity (Wildman–Crippen MR) is 53.3 cm³/mol. The molecule has 0 unspecified atom stereocenters. The molecule has 12 heavy (non-hydrogen) atoms. The fourth-order valence-electron chi connectivity index (χ4n) is 1.44. The quantitative estimate of drug-likeness (QED) is 0.719. The third-order valence-corrected chi connectivity index (χ3v) is 2.70. The van der Waals surface area contributed by atoms with E-state index in [1.165, 1.54) is 10.0 Å². The molecule has 2 heteroatoms. The average Bonchev–Trinajstić information content (AvgIpc) is 2.03. The van der Waals surface area contributed by atoms with E-state index in [1.807, 2.05) is 6.07 Å². The Labute approximate surface area is 79.9 Å². The van der Waals surface area contributed by atoms with Crippen LogP contribution in [0.2, 0.25) is 0 Å². The van der Waals surface area contributed by atoms with Gasteiger partial charge in [-0.2, -0.15) is 0 Å². The van der Waals surface area contributed by atoms with Crippen molar-refractivity contribution in [2.75, 3.05) is 0 Å². The molecular weight excluding hydrogens is 216 g/mol. The maximum absolute atomic E-state index is 9.23. The summed E-state index contributed by atoms with van der Waals surface area (Å²) in [7, 11) is 0. The molecule has 0 bridgehead atoms. The molecule has 1 aromatic rings. The molecule has 1 aromatic carbocycles. The molecule has 1 N–H and O–H groups in total. The van der Waals surface area contributed by atoms with Crippen LogP contribution in [0.25, 0.3) is 6.08 Å². The predicted octanol–water partition coefficient (Wildman–Crippen LogP) is 3.07. The van der Waals surface area contributed by atoms with E-state index >= 15 is 0 Å². The molecule has 62 valence electrons. The second-order valence-corrected chi connectivity index (χ2v) is 3.99. The van der Waals surface area contributed by atoms with Crippen molar-refractivity contribution in [3.63, 3.8) is 0 Å². The lowest BCUT2D eigenvalue weighted by molar-refractivity contribution is 0.475. The van der Waals surface area contributed by atoms with Gasteiger partial charge in [0.1, 0.15) is 5.75 Å². The highest BCUT2D eigenvalue weighted by atomic mass is 79.9. The number of benzene rings is 1. The first kappa shape index (κ1) is 7.87. The SMILES string of the molecule is Oc1ccc2c(c1)C=C(Br)CC2. The van der Waals surface area contributed by atoms with Gasteiger partial charge in [-0.15, -0.1) is 0 Å². The van der Waals surface area contributed by atoms with Crippen LogP contribution in [0.4, 0.5) is 0 Å². The van der Waals surface area contributed by atoms with Gasteiger partial charge in [0, 0.05) is 0 Å². The summed E-state index contributed by atoms with van der Waals surface area (Å²) in [6.45, 7) is 0. The minimum atomic E-state index is 0.340. The van der Waals surface area contributed by atoms with Crippen molar-refractivity contribution in [2.24, 2.45) is 0 Å². The molecule has 0 spiro atoms. The number of halogens is 1. The maximum atomic E-state index is 9.23. The summed E-state index contributed by atoms with van der Waals surface area (Å²) in [6, 6.07) is 5.53. The highest BCUT2D eigenvalue weighted by Crippen LogP contribution is 2.29. The number of allylic oxidation sites excluding steroid dienone is 1. The van der Waals surface area contributed by atoms with E-state index in [2.05, 4.69) is 22.0 Å². The van der Waals surface area contributed by atoms with Gasteiger partial charge in [0.05, 0.1) is 0 Å². The van der Waals surface area contributed by atoms with Gasteiger partial charge in [0.25, 0.3) is 0 Å². The molecule has 0 aromatic heterocycles. The number of hydrogen-bond acceptors (Lipinski definition) is 1. The van der Waals surface area contributed by atoms with Crippen LogP contribution in [0.1, 0.15) is 17.5 Å². The van der Waals surface area contributed by atoms with Gasteiger partial charge in [-0.1, -0.05) is 22.0 Å². The van der Waals surface area contributed by atoms with E-state index in [0.29, 0.717) is 5.75 Å². The molecule has 0 heterocycles. The summed E-state index contributed by atoms with van der Waals surface area (Å²) in [5, 5.41) is 9.23. The van der Waals surface area contributed by atoms with Crippen molar-refractivity contribution in [2.45, 2.75) is 12.8 Å². The normalized spacial score (nSPS) is 15.2. The van der Waals surface area contributed by atoms with Gasteiger partial charge < -0.3 is 5.11 Å². The first-order valence-corrected chi connectivity index (χ1v) is 4.73. The second-order valence-electron chi connectivity index (χ2n) is 2.97. The number of phenols is 1. The Morgan fingerprint density at radius 3 is 2.92 bits per heavy atom.